The summed E-state index contributed by atoms with van der Waals surface area (Å²) in [6.07, 6.45) is 0. The highest BCUT2D eigenvalue weighted by Gasteiger charge is 2.83. The second-order valence-electron chi connectivity index (χ2n) is 7.14. The molecule has 150 valence electrons. The largest absolute Gasteiger partial charge is 0.469 e. The molecule has 0 aromatic heterocycles. The van der Waals surface area contributed by atoms with E-state index in [0.29, 0.717) is 5.56 Å². The van der Waals surface area contributed by atoms with Crippen molar-refractivity contribution >= 4 is 29.5 Å². The zero-order chi connectivity index (χ0) is 21.0. The van der Waals surface area contributed by atoms with Gasteiger partial charge in [0.2, 0.25) is 0 Å². The second-order valence-corrected chi connectivity index (χ2v) is 7.74. The Kier molecular flexibility index (Phi) is 4.42. The predicted molar refractivity (Wildman–Crippen MR) is 104 cm³/mol. The van der Waals surface area contributed by atoms with Gasteiger partial charge in [0.15, 0.2) is 10.5 Å². The first-order valence-corrected chi connectivity index (χ1v) is 9.46. The summed E-state index contributed by atoms with van der Waals surface area (Å²) >= 11 is 6.91. The normalized spacial score (nSPS) is 28.7. The number of benzene rings is 2. The fourth-order valence-corrected chi connectivity index (χ4v) is 5.47. The van der Waals surface area contributed by atoms with Crippen LogP contribution in [-0.2, 0) is 34.2 Å². The molecule has 0 N–H and O–H groups in total. The lowest BCUT2D eigenvalue weighted by Crippen LogP contribution is -2.76. The summed E-state index contributed by atoms with van der Waals surface area (Å²) in [4.78, 5) is 36.0. The maximum absolute atomic E-state index is 13.0. The van der Waals surface area contributed by atoms with Gasteiger partial charge in [0.05, 0.1) is 14.2 Å². The maximum atomic E-state index is 13.0. The predicted octanol–water partition coefficient (Wildman–Crippen LogP) is 3.16. The van der Waals surface area contributed by atoms with Crippen molar-refractivity contribution in [2.75, 3.05) is 14.2 Å². The second kappa shape index (κ2) is 6.59. The van der Waals surface area contributed by atoms with E-state index in [2.05, 4.69) is 0 Å². The lowest BCUT2D eigenvalue weighted by atomic mass is 9.45. The Bertz CT molecular complexity index is 1030. The molecule has 0 aliphatic heterocycles. The number of rotatable bonds is 3. The Morgan fingerprint density at radius 1 is 0.931 bits per heavy atom. The van der Waals surface area contributed by atoms with Crippen molar-refractivity contribution in [3.63, 3.8) is 0 Å². The van der Waals surface area contributed by atoms with E-state index in [1.165, 1.54) is 21.1 Å². The molecular weight excluding hydrogens is 396 g/mol. The number of ether oxygens (including phenoxy) is 3. The first-order chi connectivity index (χ1) is 13.8. The number of esters is 3. The van der Waals surface area contributed by atoms with Crippen LogP contribution < -0.4 is 0 Å². The number of halogens is 1. The van der Waals surface area contributed by atoms with Crippen LogP contribution in [-0.4, -0.2) is 37.0 Å². The third-order valence-corrected chi connectivity index (χ3v) is 6.57. The van der Waals surface area contributed by atoms with Crippen molar-refractivity contribution in [3.05, 3.63) is 59.7 Å². The number of alkyl halides is 1. The zero-order valence-corrected chi connectivity index (χ0v) is 16.9. The summed E-state index contributed by atoms with van der Waals surface area (Å²) in [6.45, 7) is 1.25. The molecule has 2 aliphatic carbocycles. The maximum Gasteiger partial charge on any atom is 0.332 e. The van der Waals surface area contributed by atoms with Crippen molar-refractivity contribution in [1.82, 2.24) is 0 Å². The molecule has 2 unspecified atom stereocenters. The zero-order valence-electron chi connectivity index (χ0n) is 16.1. The lowest BCUT2D eigenvalue weighted by molar-refractivity contribution is -0.217. The van der Waals surface area contributed by atoms with Gasteiger partial charge in [0.1, 0.15) is 5.92 Å². The van der Waals surface area contributed by atoms with Gasteiger partial charge in [-0.15, -0.1) is 11.6 Å². The highest BCUT2D eigenvalue weighted by atomic mass is 35.5. The molecule has 0 spiro atoms. The van der Waals surface area contributed by atoms with Gasteiger partial charge in [0, 0.05) is 18.4 Å². The smallest absolute Gasteiger partial charge is 0.332 e. The molecular formula is C22H19ClO6. The first kappa shape index (κ1) is 19.5. The summed E-state index contributed by atoms with van der Waals surface area (Å²) in [5.41, 5.74) is 1.35. The van der Waals surface area contributed by atoms with Crippen LogP contribution in [0.15, 0.2) is 48.5 Å². The van der Waals surface area contributed by atoms with E-state index in [9.17, 15) is 14.4 Å². The summed E-state index contributed by atoms with van der Waals surface area (Å²) < 4.78 is 15.8. The van der Waals surface area contributed by atoms with E-state index in [-0.39, 0.29) is 0 Å². The molecule has 1 saturated carbocycles. The number of carbonyl (C=O) groups is 3. The average Bonchev–Trinajstić information content (AvgIpc) is 2.73. The molecule has 0 amide bonds. The molecule has 2 aromatic rings. The van der Waals surface area contributed by atoms with E-state index >= 15 is 0 Å². The number of carbonyl (C=O) groups excluding carboxylic acids is 3. The fourth-order valence-electron chi connectivity index (χ4n) is 4.91. The Labute approximate surface area is 172 Å². The van der Waals surface area contributed by atoms with Crippen molar-refractivity contribution in [2.45, 2.75) is 23.3 Å². The van der Waals surface area contributed by atoms with Gasteiger partial charge in [-0.1, -0.05) is 48.5 Å². The third kappa shape index (κ3) is 2.26. The molecule has 0 heterocycles. The minimum Gasteiger partial charge on any atom is -0.469 e. The van der Waals surface area contributed by atoms with Gasteiger partial charge in [-0.2, -0.15) is 0 Å². The van der Waals surface area contributed by atoms with Gasteiger partial charge in [-0.3, -0.25) is 9.59 Å². The summed E-state index contributed by atoms with van der Waals surface area (Å²) in [7, 11) is 2.41. The SMILES string of the molecule is COC(=O)[C@H]1C2c3ccccc3-c3ccccc3C2(OC(C)=O)[C@@]1(Cl)C(=O)OC. The van der Waals surface area contributed by atoms with Crippen LogP contribution in [0.5, 0.6) is 0 Å². The summed E-state index contributed by atoms with van der Waals surface area (Å²) in [5, 5.41) is 0. The fraction of sp³-hybridized carbons (Fsp3) is 0.318. The summed E-state index contributed by atoms with van der Waals surface area (Å²) in [5.74, 6) is -3.97. The van der Waals surface area contributed by atoms with Crippen LogP contribution in [0.1, 0.15) is 24.0 Å². The first-order valence-electron chi connectivity index (χ1n) is 9.08. The van der Waals surface area contributed by atoms with E-state index in [1.807, 2.05) is 36.4 Å². The average molecular weight is 415 g/mol. The molecule has 4 rings (SSSR count). The molecule has 2 aliphatic rings. The van der Waals surface area contributed by atoms with E-state index in [1.54, 1.807) is 12.1 Å². The highest BCUT2D eigenvalue weighted by Crippen LogP contribution is 2.72. The van der Waals surface area contributed by atoms with Crippen LogP contribution in [0.4, 0.5) is 0 Å². The third-order valence-electron chi connectivity index (χ3n) is 5.90. The minimum atomic E-state index is -1.98. The molecule has 0 saturated heterocycles. The van der Waals surface area contributed by atoms with Crippen molar-refractivity contribution in [2.24, 2.45) is 5.92 Å². The number of fused-ring (bicyclic) bond motifs is 6. The van der Waals surface area contributed by atoms with Crippen molar-refractivity contribution in [3.8, 4) is 11.1 Å². The Hall–Kier alpha value is -2.86. The molecule has 2 aromatic carbocycles. The molecule has 7 heteroatoms. The molecule has 0 bridgehead atoms. The molecule has 1 fully saturated rings. The summed E-state index contributed by atoms with van der Waals surface area (Å²) in [6, 6.07) is 14.7. The van der Waals surface area contributed by atoms with Crippen LogP contribution in [0.25, 0.3) is 11.1 Å². The van der Waals surface area contributed by atoms with Crippen LogP contribution in [0.3, 0.4) is 0 Å². The van der Waals surface area contributed by atoms with E-state index in [4.69, 9.17) is 25.8 Å². The van der Waals surface area contributed by atoms with Crippen LogP contribution in [0, 0.1) is 5.92 Å². The van der Waals surface area contributed by atoms with Gasteiger partial charge in [0.25, 0.3) is 0 Å². The minimum absolute atomic E-state index is 0.555. The topological polar surface area (TPSA) is 78.9 Å². The molecule has 6 nitrogen and oxygen atoms in total. The Morgan fingerprint density at radius 2 is 1.55 bits per heavy atom. The lowest BCUT2D eigenvalue weighted by Gasteiger charge is -2.63. The van der Waals surface area contributed by atoms with Crippen molar-refractivity contribution in [1.29, 1.82) is 0 Å². The number of hydrogen-bond donors (Lipinski definition) is 0. The van der Waals surface area contributed by atoms with Gasteiger partial charge in [-0.25, -0.2) is 4.79 Å². The van der Waals surface area contributed by atoms with Crippen LogP contribution >= 0.6 is 11.6 Å². The van der Waals surface area contributed by atoms with E-state index < -0.39 is 40.2 Å². The monoisotopic (exact) mass is 414 g/mol. The highest BCUT2D eigenvalue weighted by molar-refractivity contribution is 6.38. The van der Waals surface area contributed by atoms with Gasteiger partial charge < -0.3 is 14.2 Å². The number of methoxy groups -OCH3 is 2. The van der Waals surface area contributed by atoms with E-state index in [0.717, 1.165) is 16.7 Å². The van der Waals surface area contributed by atoms with Gasteiger partial charge >= 0.3 is 17.9 Å². The quantitative estimate of drug-likeness (QED) is 0.436. The molecule has 0 radical (unpaired) electrons. The molecule has 4 atom stereocenters. The number of hydrogen-bond acceptors (Lipinski definition) is 6. The van der Waals surface area contributed by atoms with Crippen LogP contribution in [0.2, 0.25) is 0 Å². The molecule has 29 heavy (non-hydrogen) atoms. The Morgan fingerprint density at radius 3 is 2.17 bits per heavy atom. The van der Waals surface area contributed by atoms with Crippen molar-refractivity contribution < 1.29 is 28.6 Å². The Balaban J connectivity index is 2.11. The van der Waals surface area contributed by atoms with Gasteiger partial charge in [-0.05, 0) is 16.7 Å². The standard InChI is InChI=1S/C22H19ClO6/c1-12(24)29-22-16-11-7-6-9-14(16)13-8-4-5-10-15(13)17(22)18(19(25)27-2)21(22,23)20(26)28-3/h4-11,17-18H,1-3H3/t17?,18-,21+,22?/m1/s1.